The molecule has 0 aliphatic heterocycles. The molecule has 0 aliphatic rings. The molecule has 0 fully saturated rings. The number of alkyl halides is 3. The van der Waals surface area contributed by atoms with Crippen LogP contribution in [0.25, 0.3) is 0 Å². The summed E-state index contributed by atoms with van der Waals surface area (Å²) in [5.41, 5.74) is 1.66. The number of aryl methyl sites for hydroxylation is 1. The molecule has 0 atom stereocenters. The number of hydrogen-bond acceptors (Lipinski definition) is 2. The molecule has 1 nitrogen and oxygen atoms in total. The number of thioether (sulfide) groups is 1. The normalized spacial score (nSPS) is 11.7. The highest BCUT2D eigenvalue weighted by atomic mass is 32.2. The number of aliphatic hydroxyl groups is 1. The van der Waals surface area contributed by atoms with E-state index in [1.54, 1.807) is 0 Å². The summed E-state index contributed by atoms with van der Waals surface area (Å²) in [7, 11) is 0. The molecule has 0 amide bonds. The van der Waals surface area contributed by atoms with Gasteiger partial charge in [-0.05, 0) is 35.7 Å². The molecule has 0 bridgehead atoms. The minimum Gasteiger partial charge on any atom is -0.392 e. The maximum Gasteiger partial charge on any atom is 0.417 e. The van der Waals surface area contributed by atoms with Gasteiger partial charge < -0.3 is 5.11 Å². The highest BCUT2D eigenvalue weighted by Crippen LogP contribution is 2.38. The zero-order chi connectivity index (χ0) is 15.5. The summed E-state index contributed by atoms with van der Waals surface area (Å²) in [5.74, 6) is 0.480. The predicted octanol–water partition coefficient (Wildman–Crippen LogP) is 4.80. The van der Waals surface area contributed by atoms with Crippen molar-refractivity contribution in [2.45, 2.75) is 30.4 Å². The van der Waals surface area contributed by atoms with Crippen molar-refractivity contribution in [3.8, 4) is 0 Å². The summed E-state index contributed by atoms with van der Waals surface area (Å²) >= 11 is 1.16. The van der Waals surface area contributed by atoms with Gasteiger partial charge in [-0.15, -0.1) is 11.8 Å². The lowest BCUT2D eigenvalue weighted by Crippen LogP contribution is -2.08. The van der Waals surface area contributed by atoms with Gasteiger partial charge in [0.25, 0.3) is 0 Å². The van der Waals surface area contributed by atoms with Gasteiger partial charge in [-0.2, -0.15) is 13.2 Å². The van der Waals surface area contributed by atoms with Crippen LogP contribution >= 0.6 is 11.8 Å². The minimum atomic E-state index is -4.42. The van der Waals surface area contributed by atoms with Crippen molar-refractivity contribution in [1.29, 1.82) is 0 Å². The van der Waals surface area contributed by atoms with Crippen LogP contribution in [0, 0.1) is 6.92 Å². The molecule has 0 spiro atoms. The van der Waals surface area contributed by atoms with E-state index in [2.05, 4.69) is 0 Å². The number of aliphatic hydroxyl groups excluding tert-OH is 1. The van der Waals surface area contributed by atoms with Gasteiger partial charge in [0.05, 0.1) is 12.2 Å². The van der Waals surface area contributed by atoms with Crippen LogP contribution in [0.1, 0.15) is 22.3 Å². The fourth-order valence-corrected chi connectivity index (χ4v) is 3.08. The smallest absolute Gasteiger partial charge is 0.392 e. The molecule has 0 unspecified atom stereocenters. The molecule has 0 aromatic heterocycles. The quantitative estimate of drug-likeness (QED) is 0.818. The maximum absolute atomic E-state index is 13.1. The summed E-state index contributed by atoms with van der Waals surface area (Å²) in [6, 6.07) is 11.6. The molecular formula is C16H15F3OS. The second-order valence-electron chi connectivity index (χ2n) is 4.70. The van der Waals surface area contributed by atoms with Crippen molar-refractivity contribution in [3.63, 3.8) is 0 Å². The molecule has 5 heteroatoms. The van der Waals surface area contributed by atoms with E-state index in [1.807, 2.05) is 31.2 Å². The fraction of sp³-hybridized carbons (Fsp3) is 0.250. The Bertz CT molecular complexity index is 623. The number of halogens is 3. The standard InChI is InChI=1S/C16H15F3OS/c1-11-4-2-3-5-13(11)10-21-15-7-6-12(9-20)8-14(15)16(17,18)19/h2-8,20H,9-10H2,1H3. The van der Waals surface area contributed by atoms with Gasteiger partial charge >= 0.3 is 6.18 Å². The first-order valence-corrected chi connectivity index (χ1v) is 7.38. The van der Waals surface area contributed by atoms with E-state index in [9.17, 15) is 13.2 Å². The van der Waals surface area contributed by atoms with Gasteiger partial charge in [0.1, 0.15) is 0 Å². The third-order valence-corrected chi connectivity index (χ3v) is 4.30. The number of benzene rings is 2. The third-order valence-electron chi connectivity index (χ3n) is 3.18. The van der Waals surface area contributed by atoms with Crippen molar-refractivity contribution >= 4 is 11.8 Å². The zero-order valence-corrected chi connectivity index (χ0v) is 12.3. The van der Waals surface area contributed by atoms with Gasteiger partial charge in [-0.1, -0.05) is 30.3 Å². The Labute approximate surface area is 125 Å². The first-order valence-electron chi connectivity index (χ1n) is 6.40. The van der Waals surface area contributed by atoms with Crippen LogP contribution in [-0.4, -0.2) is 5.11 Å². The predicted molar refractivity (Wildman–Crippen MR) is 78.1 cm³/mol. The molecular weight excluding hydrogens is 297 g/mol. The summed E-state index contributed by atoms with van der Waals surface area (Å²) < 4.78 is 39.2. The molecule has 0 radical (unpaired) electrons. The van der Waals surface area contributed by atoms with Gasteiger partial charge in [0, 0.05) is 10.6 Å². The number of rotatable bonds is 4. The van der Waals surface area contributed by atoms with Crippen molar-refractivity contribution in [2.75, 3.05) is 0 Å². The molecule has 1 N–H and O–H groups in total. The third kappa shape index (κ3) is 4.02. The summed E-state index contributed by atoms with van der Waals surface area (Å²) in [6.07, 6.45) is -4.42. The monoisotopic (exact) mass is 312 g/mol. The molecule has 0 saturated heterocycles. The second kappa shape index (κ2) is 6.54. The van der Waals surface area contributed by atoms with Gasteiger partial charge in [0.15, 0.2) is 0 Å². The molecule has 21 heavy (non-hydrogen) atoms. The van der Waals surface area contributed by atoms with Gasteiger partial charge in [-0.25, -0.2) is 0 Å². The fourth-order valence-electron chi connectivity index (χ4n) is 1.95. The highest BCUT2D eigenvalue weighted by molar-refractivity contribution is 7.98. The van der Waals surface area contributed by atoms with E-state index in [4.69, 9.17) is 5.11 Å². The van der Waals surface area contributed by atoms with E-state index < -0.39 is 18.3 Å². The Morgan fingerprint density at radius 2 is 1.81 bits per heavy atom. The summed E-state index contributed by atoms with van der Waals surface area (Å²) in [4.78, 5) is 0.183. The van der Waals surface area contributed by atoms with Crippen LogP contribution < -0.4 is 0 Å². The first-order chi connectivity index (χ1) is 9.91. The molecule has 2 aromatic carbocycles. The topological polar surface area (TPSA) is 20.2 Å². The summed E-state index contributed by atoms with van der Waals surface area (Å²) in [6.45, 7) is 1.54. The van der Waals surface area contributed by atoms with Crippen LogP contribution in [-0.2, 0) is 18.5 Å². The van der Waals surface area contributed by atoms with E-state index >= 15 is 0 Å². The Morgan fingerprint density at radius 3 is 2.43 bits per heavy atom. The maximum atomic E-state index is 13.1. The van der Waals surface area contributed by atoms with Gasteiger partial charge in [-0.3, -0.25) is 0 Å². The van der Waals surface area contributed by atoms with Crippen LogP contribution in [0.4, 0.5) is 13.2 Å². The van der Waals surface area contributed by atoms with Crippen molar-refractivity contribution in [3.05, 3.63) is 64.7 Å². The lowest BCUT2D eigenvalue weighted by molar-refractivity contribution is -0.139. The molecule has 2 aromatic rings. The van der Waals surface area contributed by atoms with Gasteiger partial charge in [0.2, 0.25) is 0 Å². The van der Waals surface area contributed by atoms with Crippen molar-refractivity contribution < 1.29 is 18.3 Å². The largest absolute Gasteiger partial charge is 0.417 e. The average Bonchev–Trinajstić information content (AvgIpc) is 2.45. The van der Waals surface area contributed by atoms with Crippen LogP contribution in [0.3, 0.4) is 0 Å². The lowest BCUT2D eigenvalue weighted by Gasteiger charge is -2.14. The Balaban J connectivity index is 2.26. The van der Waals surface area contributed by atoms with E-state index in [-0.39, 0.29) is 10.5 Å². The Kier molecular flexibility index (Phi) is 4.96. The van der Waals surface area contributed by atoms with E-state index in [0.29, 0.717) is 5.75 Å². The summed E-state index contributed by atoms with van der Waals surface area (Å²) in [5, 5.41) is 8.99. The molecule has 2 rings (SSSR count). The zero-order valence-electron chi connectivity index (χ0n) is 11.4. The second-order valence-corrected chi connectivity index (χ2v) is 5.72. The Hall–Kier alpha value is -1.46. The molecule has 0 saturated carbocycles. The minimum absolute atomic E-state index is 0.183. The SMILES string of the molecule is Cc1ccccc1CSc1ccc(CO)cc1C(F)(F)F. The Morgan fingerprint density at radius 1 is 1.10 bits per heavy atom. The van der Waals surface area contributed by atoms with Crippen LogP contribution in [0.5, 0.6) is 0 Å². The lowest BCUT2D eigenvalue weighted by atomic mass is 10.1. The number of hydrogen-bond donors (Lipinski definition) is 1. The van der Waals surface area contributed by atoms with Crippen molar-refractivity contribution in [2.24, 2.45) is 0 Å². The molecule has 0 aliphatic carbocycles. The van der Waals surface area contributed by atoms with Crippen molar-refractivity contribution in [1.82, 2.24) is 0 Å². The highest BCUT2D eigenvalue weighted by Gasteiger charge is 2.33. The van der Waals surface area contributed by atoms with E-state index in [1.165, 1.54) is 12.1 Å². The van der Waals surface area contributed by atoms with Crippen LogP contribution in [0.2, 0.25) is 0 Å². The average molecular weight is 312 g/mol. The van der Waals surface area contributed by atoms with Crippen LogP contribution in [0.15, 0.2) is 47.4 Å². The first kappa shape index (κ1) is 15.9. The van der Waals surface area contributed by atoms with E-state index in [0.717, 1.165) is 29.0 Å². The molecule has 0 heterocycles. The molecule has 112 valence electrons.